The van der Waals surface area contributed by atoms with Crippen LogP contribution in [0.4, 0.5) is 10.5 Å². The van der Waals surface area contributed by atoms with Gasteiger partial charge in [-0.3, -0.25) is 10.1 Å². The summed E-state index contributed by atoms with van der Waals surface area (Å²) in [6.45, 7) is -0.171. The van der Waals surface area contributed by atoms with Gasteiger partial charge in [0.15, 0.2) is 0 Å². The van der Waals surface area contributed by atoms with Crippen LogP contribution in [0.15, 0.2) is 29.6 Å². The lowest BCUT2D eigenvalue weighted by molar-refractivity contribution is -0.384. The van der Waals surface area contributed by atoms with E-state index in [4.69, 9.17) is 16.3 Å². The van der Waals surface area contributed by atoms with Crippen LogP contribution in [-0.4, -0.2) is 28.5 Å². The molecule has 0 heterocycles. The van der Waals surface area contributed by atoms with Crippen molar-refractivity contribution in [3.63, 3.8) is 0 Å². The first-order valence-electron chi connectivity index (χ1n) is 5.15. The van der Waals surface area contributed by atoms with Gasteiger partial charge in [-0.1, -0.05) is 0 Å². The molecule has 0 aromatic heterocycles. The van der Waals surface area contributed by atoms with E-state index in [9.17, 15) is 19.8 Å². The summed E-state index contributed by atoms with van der Waals surface area (Å²) < 4.78 is 4.80. The van der Waals surface area contributed by atoms with Crippen LogP contribution in [0.3, 0.4) is 0 Å². The van der Waals surface area contributed by atoms with E-state index in [2.05, 4.69) is 5.29 Å². The van der Waals surface area contributed by atoms with Gasteiger partial charge >= 0.3 is 6.09 Å². The third-order valence-electron chi connectivity index (χ3n) is 2.12. The summed E-state index contributed by atoms with van der Waals surface area (Å²) >= 11 is 5.37. The smallest absolute Gasteiger partial charge is 0.433 e. The Bertz CT molecular complexity index is 465. The Morgan fingerprint density at radius 2 is 2.05 bits per heavy atom. The molecular weight excluding hydrogens is 278 g/mol. The van der Waals surface area contributed by atoms with Crippen molar-refractivity contribution in [1.82, 2.24) is 5.01 Å². The molecule has 102 valence electrons. The van der Waals surface area contributed by atoms with Crippen LogP contribution in [0.2, 0.25) is 0 Å². The minimum absolute atomic E-state index is 0.0514. The number of ether oxygens (including phenoxy) is 1. The van der Waals surface area contributed by atoms with Crippen LogP contribution in [0, 0.1) is 15.0 Å². The van der Waals surface area contributed by atoms with Crippen molar-refractivity contribution in [2.75, 3.05) is 12.4 Å². The van der Waals surface area contributed by atoms with Gasteiger partial charge in [0, 0.05) is 18.0 Å². The maximum atomic E-state index is 11.4. The van der Waals surface area contributed by atoms with Crippen LogP contribution in [0.25, 0.3) is 0 Å². The molecule has 0 saturated carbocycles. The van der Waals surface area contributed by atoms with Gasteiger partial charge in [-0.2, -0.15) is 5.01 Å². The highest BCUT2D eigenvalue weighted by atomic mass is 35.5. The lowest BCUT2D eigenvalue weighted by Gasteiger charge is -2.11. The van der Waals surface area contributed by atoms with Crippen LogP contribution >= 0.6 is 11.6 Å². The molecule has 1 aromatic carbocycles. The van der Waals surface area contributed by atoms with E-state index in [-0.39, 0.29) is 24.7 Å². The number of carbonyl (C=O) groups excluding carboxylic acids is 1. The van der Waals surface area contributed by atoms with E-state index in [0.717, 1.165) is 0 Å². The fourth-order valence-corrected chi connectivity index (χ4v) is 1.34. The zero-order valence-electron chi connectivity index (χ0n) is 9.69. The van der Waals surface area contributed by atoms with Crippen LogP contribution in [0.5, 0.6) is 0 Å². The molecule has 0 bridgehead atoms. The van der Waals surface area contributed by atoms with Gasteiger partial charge in [-0.25, -0.2) is 4.79 Å². The van der Waals surface area contributed by atoms with Crippen molar-refractivity contribution in [3.8, 4) is 0 Å². The first-order valence-corrected chi connectivity index (χ1v) is 5.68. The molecule has 8 nitrogen and oxygen atoms in total. The number of amides is 1. The fraction of sp³-hybridized carbons (Fsp3) is 0.300. The van der Waals surface area contributed by atoms with Crippen molar-refractivity contribution < 1.29 is 14.5 Å². The summed E-state index contributed by atoms with van der Waals surface area (Å²) in [7, 11) is 0. The quantitative estimate of drug-likeness (QED) is 0.346. The number of hydrogen-bond acceptors (Lipinski definition) is 6. The average molecular weight is 288 g/mol. The molecule has 1 rings (SSSR count). The number of nitroso groups, excluding NO2 is 1. The van der Waals surface area contributed by atoms with Crippen molar-refractivity contribution in [3.05, 3.63) is 44.9 Å². The van der Waals surface area contributed by atoms with E-state index in [1.165, 1.54) is 24.3 Å². The van der Waals surface area contributed by atoms with Crippen molar-refractivity contribution in [2.24, 2.45) is 5.29 Å². The number of halogens is 1. The number of nitro groups is 1. The minimum atomic E-state index is -0.922. The SMILES string of the molecule is O=NN(CCCl)C(=O)OCc1ccc([N+](=O)[O-])cc1. The highest BCUT2D eigenvalue weighted by Gasteiger charge is 2.15. The number of benzene rings is 1. The molecule has 0 aliphatic rings. The lowest BCUT2D eigenvalue weighted by atomic mass is 10.2. The first kappa shape index (κ1) is 14.8. The predicted molar refractivity (Wildman–Crippen MR) is 66.5 cm³/mol. The maximum Gasteiger partial charge on any atom is 0.433 e. The maximum absolute atomic E-state index is 11.4. The van der Waals surface area contributed by atoms with E-state index in [1.807, 2.05) is 0 Å². The summed E-state index contributed by atoms with van der Waals surface area (Å²) in [6, 6.07) is 5.48. The largest absolute Gasteiger partial charge is 0.443 e. The molecule has 0 saturated heterocycles. The Morgan fingerprint density at radius 3 is 2.53 bits per heavy atom. The molecule has 0 aliphatic heterocycles. The predicted octanol–water partition coefficient (Wildman–Crippen LogP) is 2.45. The van der Waals surface area contributed by atoms with Gasteiger partial charge in [0.05, 0.1) is 16.8 Å². The van der Waals surface area contributed by atoms with Gasteiger partial charge in [0.1, 0.15) is 6.61 Å². The highest BCUT2D eigenvalue weighted by molar-refractivity contribution is 6.18. The molecular formula is C10H10ClN3O5. The Balaban J connectivity index is 2.54. The second-order valence-electron chi connectivity index (χ2n) is 3.37. The summed E-state index contributed by atoms with van der Waals surface area (Å²) in [5.74, 6) is 0.0539. The number of non-ortho nitro benzene ring substituents is 1. The number of carbonyl (C=O) groups is 1. The van der Waals surface area contributed by atoms with Gasteiger partial charge in [-0.15, -0.1) is 16.5 Å². The number of nitro benzene ring substituents is 1. The molecule has 19 heavy (non-hydrogen) atoms. The monoisotopic (exact) mass is 287 g/mol. The third-order valence-corrected chi connectivity index (χ3v) is 2.28. The summed E-state index contributed by atoms with van der Waals surface area (Å²) in [6.07, 6.45) is -0.922. The van der Waals surface area contributed by atoms with Gasteiger partial charge in [0.2, 0.25) is 0 Å². The Morgan fingerprint density at radius 1 is 1.42 bits per heavy atom. The van der Waals surface area contributed by atoms with E-state index in [1.54, 1.807) is 0 Å². The highest BCUT2D eigenvalue weighted by Crippen LogP contribution is 2.13. The fourth-order valence-electron chi connectivity index (χ4n) is 1.18. The normalized spacial score (nSPS) is 9.74. The summed E-state index contributed by atoms with van der Waals surface area (Å²) in [4.78, 5) is 31.6. The molecule has 9 heteroatoms. The zero-order valence-corrected chi connectivity index (χ0v) is 10.4. The van der Waals surface area contributed by atoms with E-state index in [0.29, 0.717) is 10.6 Å². The molecule has 0 N–H and O–H groups in total. The van der Waals surface area contributed by atoms with Gasteiger partial charge in [0.25, 0.3) is 5.69 Å². The number of hydrogen-bond donors (Lipinski definition) is 0. The molecule has 0 unspecified atom stereocenters. The lowest BCUT2D eigenvalue weighted by Crippen LogP contribution is -2.27. The van der Waals surface area contributed by atoms with E-state index < -0.39 is 11.0 Å². The number of nitrogens with zero attached hydrogens (tertiary/aromatic N) is 3. The van der Waals surface area contributed by atoms with E-state index >= 15 is 0 Å². The Labute approximate surface area is 113 Å². The van der Waals surface area contributed by atoms with Crippen molar-refractivity contribution in [1.29, 1.82) is 0 Å². The second-order valence-corrected chi connectivity index (χ2v) is 3.75. The number of rotatable bonds is 6. The van der Waals surface area contributed by atoms with Gasteiger partial charge in [-0.05, 0) is 17.7 Å². The molecule has 1 aromatic rings. The summed E-state index contributed by atoms with van der Waals surface area (Å²) in [5.41, 5.74) is 0.490. The Hall–Kier alpha value is -2.22. The second kappa shape index (κ2) is 7.27. The topological polar surface area (TPSA) is 102 Å². The van der Waals surface area contributed by atoms with Gasteiger partial charge < -0.3 is 4.74 Å². The van der Waals surface area contributed by atoms with Crippen LogP contribution in [-0.2, 0) is 11.3 Å². The summed E-state index contributed by atoms with van der Waals surface area (Å²) in [5, 5.41) is 13.4. The molecule has 0 fully saturated rings. The molecule has 0 spiro atoms. The van der Waals surface area contributed by atoms with Crippen LogP contribution < -0.4 is 0 Å². The third kappa shape index (κ3) is 4.51. The minimum Gasteiger partial charge on any atom is -0.443 e. The zero-order chi connectivity index (χ0) is 14.3. The molecule has 0 aliphatic carbocycles. The molecule has 0 atom stereocenters. The first-order chi connectivity index (χ1) is 9.08. The Kier molecular flexibility index (Phi) is 5.68. The van der Waals surface area contributed by atoms with Crippen LogP contribution in [0.1, 0.15) is 5.56 Å². The molecule has 1 amide bonds. The standard InChI is InChI=1S/C10H10ClN3O5/c11-5-6-13(12-16)10(15)19-7-8-1-3-9(4-2-8)14(17)18/h1-4H,5-7H2. The number of alkyl halides is 1. The molecule has 0 radical (unpaired) electrons. The van der Waals surface area contributed by atoms with Crippen molar-refractivity contribution >= 4 is 23.4 Å². The van der Waals surface area contributed by atoms with Crippen molar-refractivity contribution in [2.45, 2.75) is 6.61 Å². The average Bonchev–Trinajstić information content (AvgIpc) is 2.42.